The van der Waals surface area contributed by atoms with Gasteiger partial charge in [-0.05, 0) is 55.4 Å². The maximum atomic E-state index is 14.6. The SMILES string of the molecule is COc1cc(F)c(-c2nc(C(=O)Nc3cnccc3[C@H]3C[C@@H](C)[C@](C)(O)[C@@H](N)C3)ccc2F)c(F)c1. The third kappa shape index (κ3) is 4.78. The van der Waals surface area contributed by atoms with Crippen molar-refractivity contribution in [2.45, 2.75) is 44.2 Å². The number of aliphatic hydroxyl groups is 1. The van der Waals surface area contributed by atoms with Gasteiger partial charge in [-0.3, -0.25) is 9.78 Å². The highest BCUT2D eigenvalue weighted by molar-refractivity contribution is 6.03. The zero-order valence-corrected chi connectivity index (χ0v) is 20.1. The molecule has 3 aromatic rings. The van der Waals surface area contributed by atoms with Crippen LogP contribution in [0, 0.1) is 23.4 Å². The Morgan fingerprint density at radius 1 is 1.17 bits per heavy atom. The van der Waals surface area contributed by atoms with E-state index in [-0.39, 0.29) is 23.3 Å². The number of hydrogen-bond donors (Lipinski definition) is 3. The first-order valence-corrected chi connectivity index (χ1v) is 11.5. The molecule has 1 amide bonds. The molecule has 1 saturated carbocycles. The fourth-order valence-corrected chi connectivity index (χ4v) is 4.62. The number of nitrogens with one attached hydrogen (secondary N) is 1. The highest BCUT2D eigenvalue weighted by Crippen LogP contribution is 2.42. The first-order chi connectivity index (χ1) is 17.0. The Hall–Kier alpha value is -3.50. The Morgan fingerprint density at radius 3 is 2.50 bits per heavy atom. The number of carbonyl (C=O) groups excluding carboxylic acids is 1. The molecule has 1 aliphatic rings. The number of anilines is 1. The van der Waals surface area contributed by atoms with Gasteiger partial charge >= 0.3 is 0 Å². The highest BCUT2D eigenvalue weighted by Gasteiger charge is 2.42. The molecule has 190 valence electrons. The first kappa shape index (κ1) is 25.6. The van der Waals surface area contributed by atoms with E-state index in [1.807, 2.05) is 6.92 Å². The van der Waals surface area contributed by atoms with E-state index in [0.717, 1.165) is 29.8 Å². The van der Waals surface area contributed by atoms with E-state index in [1.54, 1.807) is 19.2 Å². The molecule has 36 heavy (non-hydrogen) atoms. The topological polar surface area (TPSA) is 110 Å². The molecule has 4 N–H and O–H groups in total. The van der Waals surface area contributed by atoms with Crippen LogP contribution < -0.4 is 15.8 Å². The number of benzene rings is 1. The van der Waals surface area contributed by atoms with Crippen molar-refractivity contribution in [3.63, 3.8) is 0 Å². The summed E-state index contributed by atoms with van der Waals surface area (Å²) in [6.45, 7) is 3.65. The van der Waals surface area contributed by atoms with E-state index >= 15 is 0 Å². The van der Waals surface area contributed by atoms with Crippen molar-refractivity contribution in [3.05, 3.63) is 71.4 Å². The Labute approximate surface area is 206 Å². The summed E-state index contributed by atoms with van der Waals surface area (Å²) in [6, 6.07) is 5.17. The zero-order valence-electron chi connectivity index (χ0n) is 20.1. The van der Waals surface area contributed by atoms with Crippen LogP contribution in [0.15, 0.2) is 42.7 Å². The van der Waals surface area contributed by atoms with Crippen molar-refractivity contribution in [1.82, 2.24) is 9.97 Å². The van der Waals surface area contributed by atoms with Crippen LogP contribution in [-0.2, 0) is 0 Å². The molecule has 1 aliphatic carbocycles. The second-order valence-electron chi connectivity index (χ2n) is 9.31. The third-order valence-corrected chi connectivity index (χ3v) is 7.03. The molecule has 1 aromatic carbocycles. The number of hydrogen-bond acceptors (Lipinski definition) is 6. The third-order valence-electron chi connectivity index (χ3n) is 7.03. The van der Waals surface area contributed by atoms with Crippen LogP contribution in [-0.4, -0.2) is 39.7 Å². The number of nitrogens with two attached hydrogens (primary N) is 1. The van der Waals surface area contributed by atoms with Crippen molar-refractivity contribution in [2.24, 2.45) is 11.7 Å². The predicted octanol–water partition coefficient (Wildman–Crippen LogP) is 4.41. The fraction of sp³-hybridized carbons (Fsp3) is 0.346. The quantitative estimate of drug-likeness (QED) is 0.479. The van der Waals surface area contributed by atoms with E-state index in [0.29, 0.717) is 18.5 Å². The van der Waals surface area contributed by atoms with Crippen LogP contribution >= 0.6 is 0 Å². The summed E-state index contributed by atoms with van der Waals surface area (Å²) in [6.07, 6.45) is 4.21. The monoisotopic (exact) mass is 500 g/mol. The summed E-state index contributed by atoms with van der Waals surface area (Å²) < 4.78 is 48.5. The van der Waals surface area contributed by atoms with Gasteiger partial charge in [-0.15, -0.1) is 0 Å². The molecule has 4 atom stereocenters. The number of amides is 1. The number of methoxy groups -OCH3 is 1. The maximum absolute atomic E-state index is 14.6. The zero-order chi connectivity index (χ0) is 26.2. The largest absolute Gasteiger partial charge is 0.497 e. The summed E-state index contributed by atoms with van der Waals surface area (Å²) in [5.74, 6) is -4.07. The lowest BCUT2D eigenvalue weighted by Crippen LogP contribution is -2.54. The molecular weight excluding hydrogens is 473 g/mol. The van der Waals surface area contributed by atoms with E-state index in [2.05, 4.69) is 15.3 Å². The Kier molecular flexibility index (Phi) is 7.01. The minimum absolute atomic E-state index is 0.0484. The molecule has 0 radical (unpaired) electrons. The number of rotatable bonds is 5. The van der Waals surface area contributed by atoms with Crippen molar-refractivity contribution in [2.75, 3.05) is 12.4 Å². The fourth-order valence-electron chi connectivity index (χ4n) is 4.62. The van der Waals surface area contributed by atoms with Crippen LogP contribution in [0.5, 0.6) is 5.75 Å². The lowest BCUT2D eigenvalue weighted by atomic mass is 9.68. The van der Waals surface area contributed by atoms with E-state index in [9.17, 15) is 23.1 Å². The van der Waals surface area contributed by atoms with Gasteiger partial charge in [-0.25, -0.2) is 18.2 Å². The number of nitrogens with zero attached hydrogens (tertiary/aromatic N) is 2. The average molecular weight is 501 g/mol. The molecule has 0 saturated heterocycles. The van der Waals surface area contributed by atoms with Gasteiger partial charge in [-0.1, -0.05) is 6.92 Å². The van der Waals surface area contributed by atoms with Crippen molar-refractivity contribution < 1.29 is 27.8 Å². The van der Waals surface area contributed by atoms with Gasteiger partial charge in [0.2, 0.25) is 0 Å². The number of carbonyl (C=O) groups is 1. The Bertz CT molecular complexity index is 1260. The molecule has 0 bridgehead atoms. The normalized spacial score (nSPS) is 23.8. The van der Waals surface area contributed by atoms with Gasteiger partial charge < -0.3 is 20.9 Å². The van der Waals surface area contributed by atoms with Crippen LogP contribution in [0.4, 0.5) is 18.9 Å². The molecule has 10 heteroatoms. The number of ether oxygens (including phenoxy) is 1. The lowest BCUT2D eigenvalue weighted by Gasteiger charge is -2.44. The number of halogens is 3. The summed E-state index contributed by atoms with van der Waals surface area (Å²) in [5, 5.41) is 13.4. The van der Waals surface area contributed by atoms with Gasteiger partial charge in [0, 0.05) is 24.4 Å². The Balaban J connectivity index is 1.63. The van der Waals surface area contributed by atoms with Crippen LogP contribution in [0.3, 0.4) is 0 Å². The minimum Gasteiger partial charge on any atom is -0.497 e. The van der Waals surface area contributed by atoms with Crippen molar-refractivity contribution in [1.29, 1.82) is 0 Å². The standard InChI is InChI=1S/C26H27F3N4O3/c1-13-8-14(9-22(30)26(13,2)35)16-6-7-31-12-21(16)33-25(34)20-5-4-17(27)24(32-20)23-18(28)10-15(36-3)11-19(23)29/h4-7,10-14,22,35H,8-9,30H2,1-3H3,(H,33,34)/t13-,14+,22+,26+/m1/s1. The number of pyridine rings is 2. The molecule has 1 fully saturated rings. The van der Waals surface area contributed by atoms with E-state index in [4.69, 9.17) is 10.5 Å². The van der Waals surface area contributed by atoms with Crippen molar-refractivity contribution in [3.8, 4) is 17.0 Å². The predicted molar refractivity (Wildman–Crippen MR) is 128 cm³/mol. The van der Waals surface area contributed by atoms with Crippen LogP contribution in [0.25, 0.3) is 11.3 Å². The smallest absolute Gasteiger partial charge is 0.274 e. The first-order valence-electron chi connectivity index (χ1n) is 11.5. The van der Waals surface area contributed by atoms with Gasteiger partial charge in [0.05, 0.1) is 30.2 Å². The van der Waals surface area contributed by atoms with E-state index in [1.165, 1.54) is 13.3 Å². The second kappa shape index (κ2) is 9.87. The van der Waals surface area contributed by atoms with Crippen molar-refractivity contribution >= 4 is 11.6 Å². The molecule has 0 spiro atoms. The summed E-state index contributed by atoms with van der Waals surface area (Å²) >= 11 is 0. The van der Waals surface area contributed by atoms with Gasteiger partial charge in [0.15, 0.2) is 0 Å². The molecule has 2 aromatic heterocycles. The molecule has 0 unspecified atom stereocenters. The molecule has 2 heterocycles. The molecular formula is C26H27F3N4O3. The summed E-state index contributed by atoms with van der Waals surface area (Å²) in [5.41, 5.74) is 4.83. The lowest BCUT2D eigenvalue weighted by molar-refractivity contribution is -0.0463. The summed E-state index contributed by atoms with van der Waals surface area (Å²) in [7, 11) is 1.24. The molecule has 0 aliphatic heterocycles. The second-order valence-corrected chi connectivity index (χ2v) is 9.31. The minimum atomic E-state index is -1.08. The number of aromatic nitrogens is 2. The highest BCUT2D eigenvalue weighted by atomic mass is 19.1. The van der Waals surface area contributed by atoms with Gasteiger partial charge in [0.1, 0.15) is 34.6 Å². The van der Waals surface area contributed by atoms with E-state index < -0.39 is 46.3 Å². The van der Waals surface area contributed by atoms with Gasteiger partial charge in [0.25, 0.3) is 5.91 Å². The van der Waals surface area contributed by atoms with Gasteiger partial charge in [-0.2, -0.15) is 0 Å². The maximum Gasteiger partial charge on any atom is 0.274 e. The Morgan fingerprint density at radius 2 is 1.86 bits per heavy atom. The summed E-state index contributed by atoms with van der Waals surface area (Å²) in [4.78, 5) is 21.1. The van der Waals surface area contributed by atoms with Crippen LogP contribution in [0.2, 0.25) is 0 Å². The average Bonchev–Trinajstić information content (AvgIpc) is 2.83. The molecule has 4 rings (SSSR count). The van der Waals surface area contributed by atoms with Crippen LogP contribution in [0.1, 0.15) is 48.7 Å². The molecule has 7 nitrogen and oxygen atoms in total.